The van der Waals surface area contributed by atoms with Crippen molar-refractivity contribution in [3.8, 4) is 11.4 Å². The summed E-state index contributed by atoms with van der Waals surface area (Å²) in [7, 11) is 1.83. The number of aromatic nitrogens is 3. The van der Waals surface area contributed by atoms with Gasteiger partial charge in [-0.15, -0.1) is 10.2 Å². The maximum Gasteiger partial charge on any atom is 0.344 e. The minimum Gasteiger partial charge on any atom is -0.322 e. The van der Waals surface area contributed by atoms with Crippen molar-refractivity contribution in [1.82, 2.24) is 30.5 Å². The van der Waals surface area contributed by atoms with Crippen molar-refractivity contribution in [3.63, 3.8) is 0 Å². The quantitative estimate of drug-likeness (QED) is 0.544. The summed E-state index contributed by atoms with van der Waals surface area (Å²) in [5.41, 5.74) is 3.66. The van der Waals surface area contributed by atoms with Gasteiger partial charge in [-0.1, -0.05) is 48.5 Å². The Hall–Kier alpha value is -2.88. The number of amides is 4. The van der Waals surface area contributed by atoms with Gasteiger partial charge < -0.3 is 9.88 Å². The number of carbonyl (C=O) groups is 3. The van der Waals surface area contributed by atoms with E-state index in [1.54, 1.807) is 0 Å². The van der Waals surface area contributed by atoms with E-state index in [9.17, 15) is 14.4 Å². The van der Waals surface area contributed by atoms with Crippen LogP contribution < -0.4 is 10.7 Å². The first kappa shape index (κ1) is 21.4. The lowest BCUT2D eigenvalue weighted by Gasteiger charge is -2.33. The standard InChI is InChI=1S/C21H26N6O3S/c1-13-4-6-15(7-5-13)17-23-24-20(26(17)3)31-12-16(28)25-27-18(29)21(22-19(27)30)10-8-14(2)9-11-21/h4-7,14H,8-12H2,1-3H3,(H,22,30)(H,25,28). The highest BCUT2D eigenvalue weighted by Gasteiger charge is 2.52. The minimum atomic E-state index is -0.878. The minimum absolute atomic E-state index is 0.000958. The number of carbonyl (C=O) groups excluding carboxylic acids is 3. The average Bonchev–Trinajstić information content (AvgIpc) is 3.22. The first-order chi connectivity index (χ1) is 14.8. The number of hydrogen-bond acceptors (Lipinski definition) is 6. The van der Waals surface area contributed by atoms with E-state index in [0.717, 1.165) is 29.0 Å². The van der Waals surface area contributed by atoms with Crippen LogP contribution in [0.5, 0.6) is 0 Å². The molecule has 0 atom stereocenters. The third kappa shape index (κ3) is 4.16. The Morgan fingerprint density at radius 1 is 1.23 bits per heavy atom. The molecular formula is C21H26N6O3S. The van der Waals surface area contributed by atoms with Crippen LogP contribution in [0.1, 0.15) is 38.2 Å². The van der Waals surface area contributed by atoms with Crippen LogP contribution in [0.25, 0.3) is 11.4 Å². The van der Waals surface area contributed by atoms with E-state index < -0.39 is 17.5 Å². The molecule has 1 aliphatic heterocycles. The predicted molar refractivity (Wildman–Crippen MR) is 116 cm³/mol. The molecule has 2 aliphatic rings. The molecule has 4 amide bonds. The SMILES string of the molecule is Cc1ccc(-c2nnc(SCC(=O)NN3C(=O)NC4(CCC(C)CC4)C3=O)n2C)cc1. The van der Waals surface area contributed by atoms with E-state index >= 15 is 0 Å². The second-order valence-corrected chi connectivity index (χ2v) is 9.33. The van der Waals surface area contributed by atoms with Crippen LogP contribution in [0, 0.1) is 12.8 Å². The summed E-state index contributed by atoms with van der Waals surface area (Å²) < 4.78 is 1.81. The lowest BCUT2D eigenvalue weighted by Crippen LogP contribution is -2.51. The fourth-order valence-electron chi connectivity index (χ4n) is 4.00. The van der Waals surface area contributed by atoms with Gasteiger partial charge in [0.2, 0.25) is 5.91 Å². The van der Waals surface area contributed by atoms with Gasteiger partial charge in [-0.2, -0.15) is 5.01 Å². The number of rotatable bonds is 5. The molecule has 31 heavy (non-hydrogen) atoms. The molecule has 1 saturated heterocycles. The molecule has 0 radical (unpaired) electrons. The van der Waals surface area contributed by atoms with Crippen molar-refractivity contribution in [3.05, 3.63) is 29.8 Å². The number of benzene rings is 1. The molecule has 1 aromatic heterocycles. The number of urea groups is 1. The van der Waals surface area contributed by atoms with E-state index in [1.165, 1.54) is 11.8 Å². The highest BCUT2D eigenvalue weighted by Crippen LogP contribution is 2.35. The number of hydrazine groups is 1. The molecular weight excluding hydrogens is 416 g/mol. The Bertz CT molecular complexity index is 1010. The van der Waals surface area contributed by atoms with Crippen LogP contribution in [0.4, 0.5) is 4.79 Å². The monoisotopic (exact) mass is 442 g/mol. The molecule has 0 bridgehead atoms. The second kappa shape index (κ2) is 8.33. The molecule has 1 aliphatic carbocycles. The molecule has 2 heterocycles. The van der Waals surface area contributed by atoms with Crippen molar-refractivity contribution in [1.29, 1.82) is 0 Å². The van der Waals surface area contributed by atoms with Gasteiger partial charge in [0.1, 0.15) is 5.54 Å². The molecule has 0 unspecified atom stereocenters. The van der Waals surface area contributed by atoms with E-state index in [1.807, 2.05) is 42.8 Å². The summed E-state index contributed by atoms with van der Waals surface area (Å²) in [5.74, 6) is 0.413. The fourth-order valence-corrected chi connectivity index (χ4v) is 4.70. The second-order valence-electron chi connectivity index (χ2n) is 8.39. The predicted octanol–water partition coefficient (Wildman–Crippen LogP) is 2.41. The molecule has 164 valence electrons. The third-order valence-electron chi connectivity index (χ3n) is 6.00. The molecule has 1 aromatic carbocycles. The third-order valence-corrected chi connectivity index (χ3v) is 7.02. The molecule has 9 nitrogen and oxygen atoms in total. The molecule has 2 aromatic rings. The smallest absolute Gasteiger partial charge is 0.322 e. The number of nitrogens with zero attached hydrogens (tertiary/aromatic N) is 4. The normalized spacial score (nSPS) is 23.3. The lowest BCUT2D eigenvalue weighted by atomic mass is 9.77. The largest absolute Gasteiger partial charge is 0.344 e. The van der Waals surface area contributed by atoms with Gasteiger partial charge in [0.25, 0.3) is 5.91 Å². The maximum absolute atomic E-state index is 12.8. The van der Waals surface area contributed by atoms with Gasteiger partial charge in [-0.25, -0.2) is 4.79 Å². The zero-order valence-electron chi connectivity index (χ0n) is 17.8. The van der Waals surface area contributed by atoms with Crippen molar-refractivity contribution >= 4 is 29.6 Å². The Labute approximate surface area is 184 Å². The van der Waals surface area contributed by atoms with Crippen LogP contribution in [0.3, 0.4) is 0 Å². The molecule has 1 spiro atoms. The lowest BCUT2D eigenvalue weighted by molar-refractivity contribution is -0.139. The van der Waals surface area contributed by atoms with Crippen molar-refractivity contribution < 1.29 is 14.4 Å². The fraction of sp³-hybridized carbons (Fsp3) is 0.476. The highest BCUT2D eigenvalue weighted by molar-refractivity contribution is 7.99. The van der Waals surface area contributed by atoms with E-state index in [2.05, 4.69) is 27.9 Å². The van der Waals surface area contributed by atoms with Crippen molar-refractivity contribution in [2.45, 2.75) is 50.2 Å². The summed E-state index contributed by atoms with van der Waals surface area (Å²) in [6.07, 6.45) is 2.94. The molecule has 2 fully saturated rings. The van der Waals surface area contributed by atoms with Crippen LogP contribution in [0.2, 0.25) is 0 Å². The molecule has 4 rings (SSSR count). The number of nitrogens with one attached hydrogen (secondary N) is 2. The van der Waals surface area contributed by atoms with Crippen LogP contribution in [-0.2, 0) is 16.6 Å². The van der Waals surface area contributed by atoms with Gasteiger partial charge in [0.05, 0.1) is 5.75 Å². The average molecular weight is 443 g/mol. The van der Waals surface area contributed by atoms with Crippen LogP contribution in [0.15, 0.2) is 29.4 Å². The highest BCUT2D eigenvalue weighted by atomic mass is 32.2. The summed E-state index contributed by atoms with van der Waals surface area (Å²) >= 11 is 1.19. The summed E-state index contributed by atoms with van der Waals surface area (Å²) in [6, 6.07) is 7.38. The van der Waals surface area contributed by atoms with Crippen molar-refractivity contribution in [2.24, 2.45) is 13.0 Å². The topological polar surface area (TPSA) is 109 Å². The zero-order chi connectivity index (χ0) is 22.2. The molecule has 2 N–H and O–H groups in total. The van der Waals surface area contributed by atoms with E-state index in [4.69, 9.17) is 0 Å². The number of aryl methyl sites for hydroxylation is 1. The first-order valence-corrected chi connectivity index (χ1v) is 11.3. The Kier molecular flexibility index (Phi) is 5.74. The number of thioether (sulfide) groups is 1. The Balaban J connectivity index is 1.36. The Morgan fingerprint density at radius 2 is 1.90 bits per heavy atom. The van der Waals surface area contributed by atoms with Gasteiger partial charge in [-0.3, -0.25) is 15.0 Å². The molecule has 10 heteroatoms. The van der Waals surface area contributed by atoms with Crippen LogP contribution >= 0.6 is 11.8 Å². The Morgan fingerprint density at radius 3 is 2.58 bits per heavy atom. The number of imide groups is 1. The molecule has 1 saturated carbocycles. The van der Waals surface area contributed by atoms with Crippen LogP contribution in [-0.4, -0.2) is 48.9 Å². The summed E-state index contributed by atoms with van der Waals surface area (Å²) in [4.78, 5) is 37.6. The van der Waals surface area contributed by atoms with Gasteiger partial charge in [0, 0.05) is 12.6 Å². The van der Waals surface area contributed by atoms with Crippen molar-refractivity contribution in [2.75, 3.05) is 5.75 Å². The zero-order valence-corrected chi connectivity index (χ0v) is 18.7. The van der Waals surface area contributed by atoms with Gasteiger partial charge in [-0.05, 0) is 38.5 Å². The summed E-state index contributed by atoms with van der Waals surface area (Å²) in [5, 5.41) is 12.6. The number of hydrogen-bond donors (Lipinski definition) is 2. The van der Waals surface area contributed by atoms with Gasteiger partial charge >= 0.3 is 6.03 Å². The van der Waals surface area contributed by atoms with E-state index in [0.29, 0.717) is 29.7 Å². The summed E-state index contributed by atoms with van der Waals surface area (Å²) in [6.45, 7) is 4.16. The maximum atomic E-state index is 12.8. The van der Waals surface area contributed by atoms with E-state index in [-0.39, 0.29) is 11.7 Å². The first-order valence-electron chi connectivity index (χ1n) is 10.3. The van der Waals surface area contributed by atoms with Gasteiger partial charge in [0.15, 0.2) is 11.0 Å².